The van der Waals surface area contributed by atoms with Gasteiger partial charge in [-0.1, -0.05) is 37.3 Å². The van der Waals surface area contributed by atoms with Gasteiger partial charge in [0.15, 0.2) is 5.56 Å². The third-order valence-corrected chi connectivity index (χ3v) is 4.19. The van der Waals surface area contributed by atoms with Gasteiger partial charge < -0.3 is 0 Å². The Morgan fingerprint density at radius 1 is 1.25 bits per heavy atom. The second-order valence-electron chi connectivity index (χ2n) is 5.76. The molecule has 0 amide bonds. The Labute approximate surface area is 138 Å². The number of rotatable bonds is 3. The number of fused-ring (bicyclic) bond motifs is 1. The van der Waals surface area contributed by atoms with Crippen LogP contribution in [0.15, 0.2) is 36.4 Å². The quantitative estimate of drug-likeness (QED) is 0.801. The average molecular weight is 332 g/mol. The molecule has 0 N–H and O–H groups in total. The van der Waals surface area contributed by atoms with Crippen molar-refractivity contribution in [1.29, 1.82) is 5.26 Å². The van der Waals surface area contributed by atoms with Gasteiger partial charge in [0.1, 0.15) is 24.9 Å². The Morgan fingerprint density at radius 3 is 2.54 bits per heavy atom. The van der Waals surface area contributed by atoms with Gasteiger partial charge in [0.2, 0.25) is 0 Å². The normalized spacial score (nSPS) is 13.7. The van der Waals surface area contributed by atoms with Crippen molar-refractivity contribution >= 4 is 5.82 Å². The minimum atomic E-state index is -4.56. The van der Waals surface area contributed by atoms with E-state index in [-0.39, 0.29) is 5.56 Å². The van der Waals surface area contributed by atoms with Crippen LogP contribution in [0.25, 0.3) is 11.3 Å². The van der Waals surface area contributed by atoms with Crippen molar-refractivity contribution < 1.29 is 17.7 Å². The van der Waals surface area contributed by atoms with E-state index < -0.39 is 11.7 Å². The number of hydrogen-bond acceptors (Lipinski definition) is 2. The molecule has 2 aromatic rings. The number of nitrogens with zero attached hydrogens (tertiary/aromatic N) is 3. The molecule has 6 heteroatoms. The molecule has 0 fully saturated rings. The maximum Gasteiger partial charge on any atom is 0.418 e. The highest BCUT2D eigenvalue weighted by Crippen LogP contribution is 2.38. The molecule has 1 aromatic carbocycles. The van der Waals surface area contributed by atoms with Crippen LogP contribution in [0.3, 0.4) is 0 Å². The predicted molar refractivity (Wildman–Crippen MR) is 84.3 cm³/mol. The molecule has 0 unspecified atom stereocenters. The van der Waals surface area contributed by atoms with Crippen molar-refractivity contribution in [1.82, 2.24) is 0 Å². The molecule has 2 heterocycles. The van der Waals surface area contributed by atoms with E-state index in [1.165, 1.54) is 0 Å². The fourth-order valence-corrected chi connectivity index (χ4v) is 3.21. The van der Waals surface area contributed by atoms with Gasteiger partial charge in [-0.05, 0) is 12.5 Å². The standard InChI is InChI=1S/C18H17F3N3/c1-2-8-23-9-10-24-16(13-6-4-3-5-7-13)11-15(18(19,20)21)14(12-22)17(23)24/h3-7,11H,2,8-10H2,1H3/q+1. The van der Waals surface area contributed by atoms with Crippen LogP contribution in [0, 0.1) is 11.3 Å². The van der Waals surface area contributed by atoms with Gasteiger partial charge in [-0.15, -0.1) is 0 Å². The van der Waals surface area contributed by atoms with E-state index in [0.29, 0.717) is 36.7 Å². The second kappa shape index (κ2) is 6.16. The van der Waals surface area contributed by atoms with Gasteiger partial charge in [-0.3, -0.25) is 4.90 Å². The number of aromatic nitrogens is 1. The fraction of sp³-hybridized carbons (Fsp3) is 0.333. The first-order valence-electron chi connectivity index (χ1n) is 7.86. The summed E-state index contributed by atoms with van der Waals surface area (Å²) < 4.78 is 42.4. The summed E-state index contributed by atoms with van der Waals surface area (Å²) in [5.41, 5.74) is 0.0638. The summed E-state index contributed by atoms with van der Waals surface area (Å²) in [6, 6.07) is 11.9. The molecule has 24 heavy (non-hydrogen) atoms. The zero-order valence-electron chi connectivity index (χ0n) is 13.3. The maximum atomic E-state index is 13.5. The SMILES string of the molecule is CCCN1CC[n+]2c(-c3ccccc3)cc(C(F)(F)F)c(C#N)c21. The lowest BCUT2D eigenvalue weighted by Gasteiger charge is -2.16. The van der Waals surface area contributed by atoms with E-state index in [1.54, 1.807) is 30.3 Å². The van der Waals surface area contributed by atoms with Gasteiger partial charge in [0.25, 0.3) is 5.82 Å². The van der Waals surface area contributed by atoms with E-state index in [0.717, 1.165) is 12.5 Å². The summed E-state index contributed by atoms with van der Waals surface area (Å²) in [6.45, 7) is 3.79. The maximum absolute atomic E-state index is 13.5. The van der Waals surface area contributed by atoms with Crippen molar-refractivity contribution in [3.05, 3.63) is 47.5 Å². The summed E-state index contributed by atoms with van der Waals surface area (Å²) in [5, 5.41) is 9.40. The van der Waals surface area contributed by atoms with E-state index in [9.17, 15) is 18.4 Å². The van der Waals surface area contributed by atoms with Crippen molar-refractivity contribution in [2.45, 2.75) is 26.1 Å². The number of benzene rings is 1. The first-order valence-corrected chi connectivity index (χ1v) is 7.86. The summed E-state index contributed by atoms with van der Waals surface area (Å²) in [5.74, 6) is 0.382. The number of nitriles is 1. The van der Waals surface area contributed by atoms with Gasteiger partial charge >= 0.3 is 6.18 Å². The minimum Gasteiger partial charge on any atom is -0.256 e. The van der Waals surface area contributed by atoms with Crippen LogP contribution in [0.2, 0.25) is 0 Å². The highest BCUT2D eigenvalue weighted by atomic mass is 19.4. The number of alkyl halides is 3. The number of anilines is 1. The van der Waals surface area contributed by atoms with Gasteiger partial charge in [-0.25, -0.2) is 4.57 Å². The van der Waals surface area contributed by atoms with Crippen molar-refractivity contribution in [3.8, 4) is 17.3 Å². The largest absolute Gasteiger partial charge is 0.418 e. The zero-order valence-corrected chi connectivity index (χ0v) is 13.3. The minimum absolute atomic E-state index is 0.284. The third kappa shape index (κ3) is 2.71. The Kier molecular flexibility index (Phi) is 4.18. The van der Waals surface area contributed by atoms with Crippen LogP contribution >= 0.6 is 0 Å². The van der Waals surface area contributed by atoms with Gasteiger partial charge in [-0.2, -0.15) is 18.4 Å². The molecule has 0 atom stereocenters. The molecule has 1 aliphatic heterocycles. The van der Waals surface area contributed by atoms with Crippen LogP contribution in [0.4, 0.5) is 19.0 Å². The Bertz CT molecular complexity index is 792. The van der Waals surface area contributed by atoms with E-state index in [2.05, 4.69) is 0 Å². The highest BCUT2D eigenvalue weighted by molar-refractivity contribution is 5.64. The zero-order chi connectivity index (χ0) is 17.3. The molecular formula is C18H17F3N3+. The number of pyridine rings is 1. The highest BCUT2D eigenvalue weighted by Gasteiger charge is 2.43. The summed E-state index contributed by atoms with van der Waals surface area (Å²) >= 11 is 0. The number of hydrogen-bond donors (Lipinski definition) is 0. The fourth-order valence-electron chi connectivity index (χ4n) is 3.21. The molecule has 1 aromatic heterocycles. The Balaban J connectivity index is 2.32. The molecule has 3 nitrogen and oxygen atoms in total. The summed E-state index contributed by atoms with van der Waals surface area (Å²) in [7, 11) is 0. The van der Waals surface area contributed by atoms with Crippen LogP contribution < -0.4 is 9.47 Å². The molecule has 0 aliphatic carbocycles. The topological polar surface area (TPSA) is 30.9 Å². The first-order chi connectivity index (χ1) is 11.5. The molecule has 0 spiro atoms. The van der Waals surface area contributed by atoms with Crippen molar-refractivity contribution in [2.24, 2.45) is 0 Å². The van der Waals surface area contributed by atoms with Crippen molar-refractivity contribution in [2.75, 3.05) is 18.0 Å². The molecule has 0 bridgehead atoms. The third-order valence-electron chi connectivity index (χ3n) is 4.19. The Hall–Kier alpha value is -2.55. The smallest absolute Gasteiger partial charge is 0.256 e. The van der Waals surface area contributed by atoms with Crippen LogP contribution in [0.1, 0.15) is 24.5 Å². The van der Waals surface area contributed by atoms with Crippen LogP contribution in [-0.4, -0.2) is 13.1 Å². The lowest BCUT2D eigenvalue weighted by molar-refractivity contribution is -0.660. The van der Waals surface area contributed by atoms with Gasteiger partial charge in [0, 0.05) is 5.56 Å². The molecule has 1 aliphatic rings. The molecular weight excluding hydrogens is 315 g/mol. The van der Waals surface area contributed by atoms with Crippen LogP contribution in [-0.2, 0) is 12.7 Å². The lowest BCUT2D eigenvalue weighted by atomic mass is 10.0. The monoisotopic (exact) mass is 332 g/mol. The van der Waals surface area contributed by atoms with E-state index in [1.807, 2.05) is 22.5 Å². The molecule has 0 radical (unpaired) electrons. The van der Waals surface area contributed by atoms with E-state index in [4.69, 9.17) is 0 Å². The summed E-state index contributed by atoms with van der Waals surface area (Å²) in [4.78, 5) is 1.88. The average Bonchev–Trinajstić information content (AvgIpc) is 2.98. The van der Waals surface area contributed by atoms with Crippen LogP contribution in [0.5, 0.6) is 0 Å². The molecule has 3 rings (SSSR count). The molecule has 124 valence electrons. The number of halogens is 3. The lowest BCUT2D eigenvalue weighted by Crippen LogP contribution is -2.36. The Morgan fingerprint density at radius 2 is 1.96 bits per heavy atom. The van der Waals surface area contributed by atoms with Crippen molar-refractivity contribution in [3.63, 3.8) is 0 Å². The second-order valence-corrected chi connectivity index (χ2v) is 5.76. The summed E-state index contributed by atoms with van der Waals surface area (Å²) in [6.07, 6.45) is -3.76. The van der Waals surface area contributed by atoms with Gasteiger partial charge in [0.05, 0.1) is 12.1 Å². The molecule has 0 saturated carbocycles. The molecule has 0 saturated heterocycles. The van der Waals surface area contributed by atoms with E-state index >= 15 is 0 Å². The predicted octanol–water partition coefficient (Wildman–Crippen LogP) is 3.76. The first kappa shape index (κ1) is 16.3.